The van der Waals surface area contributed by atoms with E-state index >= 15 is 0 Å². The van der Waals surface area contributed by atoms with Gasteiger partial charge in [0.2, 0.25) is 0 Å². The number of amides is 1. The van der Waals surface area contributed by atoms with Crippen molar-refractivity contribution in [2.45, 2.75) is 31.8 Å². The van der Waals surface area contributed by atoms with Crippen LogP contribution >= 0.6 is 0 Å². The summed E-state index contributed by atoms with van der Waals surface area (Å²) in [7, 11) is 0. The van der Waals surface area contributed by atoms with Crippen LogP contribution < -0.4 is 0 Å². The molecule has 1 atom stereocenters. The zero-order chi connectivity index (χ0) is 11.5. The highest BCUT2D eigenvalue weighted by atomic mass is 16.5. The first kappa shape index (κ1) is 11.4. The van der Waals surface area contributed by atoms with E-state index in [2.05, 4.69) is 0 Å². The summed E-state index contributed by atoms with van der Waals surface area (Å²) in [4.78, 5) is 24.0. The fraction of sp³-hybridized carbons (Fsp3) is 0.818. The molecular formula is C11H17NO4. The maximum Gasteiger partial charge on any atom is 0.303 e. The number of carbonyl (C=O) groups excluding carboxylic acids is 1. The van der Waals surface area contributed by atoms with Gasteiger partial charge in [0.25, 0.3) is 5.91 Å². The van der Waals surface area contributed by atoms with Gasteiger partial charge in [-0.25, -0.2) is 0 Å². The lowest BCUT2D eigenvalue weighted by atomic mass is 9.95. The molecule has 2 rings (SSSR count). The van der Waals surface area contributed by atoms with Crippen LogP contribution in [0.15, 0.2) is 0 Å². The second kappa shape index (κ2) is 4.82. The molecule has 0 spiro atoms. The molecule has 2 aliphatic rings. The summed E-state index contributed by atoms with van der Waals surface area (Å²) < 4.78 is 5.41. The van der Waals surface area contributed by atoms with Gasteiger partial charge >= 0.3 is 5.97 Å². The maximum absolute atomic E-state index is 11.9. The van der Waals surface area contributed by atoms with Crippen LogP contribution in [0.2, 0.25) is 0 Å². The molecular weight excluding hydrogens is 210 g/mol. The number of ether oxygens (including phenoxy) is 1. The molecule has 0 saturated carbocycles. The van der Waals surface area contributed by atoms with Gasteiger partial charge in [0, 0.05) is 25.6 Å². The largest absolute Gasteiger partial charge is 0.481 e. The summed E-state index contributed by atoms with van der Waals surface area (Å²) in [6, 6.07) is 0. The van der Waals surface area contributed by atoms with Crippen molar-refractivity contribution in [1.82, 2.24) is 4.90 Å². The van der Waals surface area contributed by atoms with Crippen LogP contribution in [0.3, 0.4) is 0 Å². The zero-order valence-electron chi connectivity index (χ0n) is 9.22. The lowest BCUT2D eigenvalue weighted by Crippen LogP contribution is -2.54. The van der Waals surface area contributed by atoms with Crippen LogP contribution in [0.5, 0.6) is 0 Å². The van der Waals surface area contributed by atoms with Gasteiger partial charge in [-0.05, 0) is 19.3 Å². The number of hydrogen-bond acceptors (Lipinski definition) is 3. The van der Waals surface area contributed by atoms with Crippen LogP contribution in [0.4, 0.5) is 0 Å². The summed E-state index contributed by atoms with van der Waals surface area (Å²) in [5.41, 5.74) is 0. The predicted molar refractivity (Wildman–Crippen MR) is 55.9 cm³/mol. The number of carbonyl (C=O) groups is 2. The van der Waals surface area contributed by atoms with Gasteiger partial charge in [0.1, 0.15) is 6.10 Å². The van der Waals surface area contributed by atoms with E-state index in [1.165, 1.54) is 0 Å². The molecule has 0 bridgehead atoms. The topological polar surface area (TPSA) is 66.8 Å². The van der Waals surface area contributed by atoms with Crippen molar-refractivity contribution in [3.63, 3.8) is 0 Å². The summed E-state index contributed by atoms with van der Waals surface area (Å²) in [5.74, 6) is -0.614. The van der Waals surface area contributed by atoms with E-state index in [0.717, 1.165) is 19.3 Å². The second-order valence-corrected chi connectivity index (χ2v) is 4.56. The molecule has 16 heavy (non-hydrogen) atoms. The molecule has 1 amide bonds. The second-order valence-electron chi connectivity index (χ2n) is 4.56. The van der Waals surface area contributed by atoms with Crippen molar-refractivity contribution in [2.24, 2.45) is 5.92 Å². The molecule has 0 aliphatic carbocycles. The van der Waals surface area contributed by atoms with E-state index in [9.17, 15) is 9.59 Å². The lowest BCUT2D eigenvalue weighted by molar-refractivity contribution is -0.155. The van der Waals surface area contributed by atoms with Crippen molar-refractivity contribution >= 4 is 11.9 Å². The summed E-state index contributed by atoms with van der Waals surface area (Å²) in [6.45, 7) is 1.82. The normalized spacial score (nSPS) is 26.2. The van der Waals surface area contributed by atoms with Crippen molar-refractivity contribution in [1.29, 1.82) is 0 Å². The number of carboxylic acid groups (broad SMARTS) is 1. The summed E-state index contributed by atoms with van der Waals surface area (Å²) in [5, 5.41) is 8.59. The van der Waals surface area contributed by atoms with Gasteiger partial charge in [-0.1, -0.05) is 0 Å². The first-order chi connectivity index (χ1) is 7.66. The average Bonchev–Trinajstić information content (AvgIpc) is 2.23. The number of likely N-dealkylation sites (tertiary alicyclic amines) is 1. The maximum atomic E-state index is 11.9. The number of rotatable bonds is 3. The molecule has 90 valence electrons. The van der Waals surface area contributed by atoms with Crippen molar-refractivity contribution in [3.8, 4) is 0 Å². The number of aliphatic carboxylic acids is 1. The van der Waals surface area contributed by atoms with Crippen LogP contribution in [-0.2, 0) is 14.3 Å². The van der Waals surface area contributed by atoms with Crippen molar-refractivity contribution in [2.75, 3.05) is 19.7 Å². The molecule has 0 aromatic rings. The molecule has 2 heterocycles. The molecule has 5 heteroatoms. The first-order valence-corrected chi connectivity index (χ1v) is 5.79. The van der Waals surface area contributed by atoms with Crippen LogP contribution in [0, 0.1) is 5.92 Å². The monoisotopic (exact) mass is 227 g/mol. The van der Waals surface area contributed by atoms with E-state index in [1.54, 1.807) is 4.90 Å². The van der Waals surface area contributed by atoms with Gasteiger partial charge in [0.05, 0.1) is 6.42 Å². The number of hydrogen-bond donors (Lipinski definition) is 1. The van der Waals surface area contributed by atoms with Gasteiger partial charge in [0.15, 0.2) is 0 Å². The third-order valence-electron chi connectivity index (χ3n) is 3.19. The van der Waals surface area contributed by atoms with Gasteiger partial charge in [-0.3, -0.25) is 9.59 Å². The molecule has 5 nitrogen and oxygen atoms in total. The quantitative estimate of drug-likeness (QED) is 0.762. The van der Waals surface area contributed by atoms with E-state index in [4.69, 9.17) is 9.84 Å². The SMILES string of the molecule is O=C(O)CC1CN(C(=O)C2CCCCO2)C1. The van der Waals surface area contributed by atoms with Crippen LogP contribution in [-0.4, -0.2) is 47.7 Å². The highest BCUT2D eigenvalue weighted by Gasteiger charge is 2.36. The molecule has 0 radical (unpaired) electrons. The van der Waals surface area contributed by atoms with E-state index in [0.29, 0.717) is 19.7 Å². The highest BCUT2D eigenvalue weighted by Crippen LogP contribution is 2.23. The molecule has 2 saturated heterocycles. The third-order valence-corrected chi connectivity index (χ3v) is 3.19. The summed E-state index contributed by atoms with van der Waals surface area (Å²) in [6.07, 6.45) is 2.77. The Hall–Kier alpha value is -1.10. The Morgan fingerprint density at radius 1 is 1.31 bits per heavy atom. The molecule has 2 aliphatic heterocycles. The predicted octanol–water partition coefficient (Wildman–Crippen LogP) is 0.489. The average molecular weight is 227 g/mol. The van der Waals surface area contributed by atoms with E-state index in [1.807, 2.05) is 0 Å². The molecule has 0 aromatic heterocycles. The molecule has 1 unspecified atom stereocenters. The zero-order valence-corrected chi connectivity index (χ0v) is 9.22. The lowest BCUT2D eigenvalue weighted by Gasteiger charge is -2.40. The Balaban J connectivity index is 1.74. The molecule has 1 N–H and O–H groups in total. The van der Waals surface area contributed by atoms with Gasteiger partial charge in [-0.15, -0.1) is 0 Å². The van der Waals surface area contributed by atoms with Gasteiger partial charge < -0.3 is 14.7 Å². The van der Waals surface area contributed by atoms with Gasteiger partial charge in [-0.2, -0.15) is 0 Å². The minimum Gasteiger partial charge on any atom is -0.481 e. The Morgan fingerprint density at radius 3 is 2.62 bits per heavy atom. The Labute approximate surface area is 94.4 Å². The van der Waals surface area contributed by atoms with Crippen molar-refractivity contribution < 1.29 is 19.4 Å². The molecule has 2 fully saturated rings. The van der Waals surface area contributed by atoms with Crippen molar-refractivity contribution in [3.05, 3.63) is 0 Å². The number of nitrogens with zero attached hydrogens (tertiary/aromatic N) is 1. The highest BCUT2D eigenvalue weighted by molar-refractivity contribution is 5.82. The smallest absolute Gasteiger partial charge is 0.303 e. The van der Waals surface area contributed by atoms with Crippen LogP contribution in [0.1, 0.15) is 25.7 Å². The minimum atomic E-state index is -0.786. The van der Waals surface area contributed by atoms with Crippen LogP contribution in [0.25, 0.3) is 0 Å². The van der Waals surface area contributed by atoms with E-state index in [-0.39, 0.29) is 24.3 Å². The minimum absolute atomic E-state index is 0.0429. The van der Waals surface area contributed by atoms with E-state index < -0.39 is 5.97 Å². The third kappa shape index (κ3) is 2.52. The standard InChI is InChI=1S/C11H17NO4/c13-10(14)5-8-6-12(7-8)11(15)9-3-1-2-4-16-9/h8-9H,1-7H2,(H,13,14). The Kier molecular flexibility index (Phi) is 3.43. The Morgan fingerprint density at radius 2 is 2.06 bits per heavy atom. The Bertz CT molecular complexity index is 280. The fourth-order valence-electron chi connectivity index (χ4n) is 2.26. The first-order valence-electron chi connectivity index (χ1n) is 5.79. The summed E-state index contributed by atoms with van der Waals surface area (Å²) >= 11 is 0. The fourth-order valence-corrected chi connectivity index (χ4v) is 2.26. The molecule has 0 aromatic carbocycles. The number of carboxylic acids is 1.